The predicted molar refractivity (Wildman–Crippen MR) is 123 cm³/mol. The van der Waals surface area contributed by atoms with E-state index >= 15 is 0 Å². The van der Waals surface area contributed by atoms with Crippen LogP contribution in [0.2, 0.25) is 0 Å². The van der Waals surface area contributed by atoms with Crippen molar-refractivity contribution in [3.05, 3.63) is 35.8 Å². The quantitative estimate of drug-likeness (QED) is 0.319. The number of hydrogen-bond donors (Lipinski definition) is 1. The minimum atomic E-state index is -4.42. The Morgan fingerprint density at radius 3 is 2.71 bits per heavy atom. The Morgan fingerprint density at radius 2 is 2.03 bits per heavy atom. The average molecular weight is 453 g/mol. The van der Waals surface area contributed by atoms with Crippen molar-refractivity contribution < 1.29 is 21.6 Å². The van der Waals surface area contributed by atoms with Gasteiger partial charge in [0.1, 0.15) is 0 Å². The molecule has 0 amide bonds. The molecule has 3 rings (SSSR count). The van der Waals surface area contributed by atoms with Gasteiger partial charge >= 0.3 is 10.4 Å². The summed E-state index contributed by atoms with van der Waals surface area (Å²) in [6, 6.07) is 1.96. The monoisotopic (exact) mass is 452 g/mol. The first kappa shape index (κ1) is 24.5. The minimum Gasteiger partial charge on any atom is -0.472 e. The predicted octanol–water partition coefficient (Wildman–Crippen LogP) is 6.62. The van der Waals surface area contributed by atoms with Crippen LogP contribution in [-0.4, -0.2) is 19.6 Å². The van der Waals surface area contributed by atoms with Crippen LogP contribution >= 0.6 is 0 Å². The molecule has 0 radical (unpaired) electrons. The summed E-state index contributed by atoms with van der Waals surface area (Å²) >= 11 is 0. The normalized spacial score (nSPS) is 29.3. The number of furan rings is 1. The lowest BCUT2D eigenvalue weighted by Gasteiger charge is -2.53. The third-order valence-electron chi connectivity index (χ3n) is 8.29. The zero-order chi connectivity index (χ0) is 22.7. The maximum Gasteiger partial charge on any atom is 0.397 e. The lowest BCUT2D eigenvalue weighted by Crippen LogP contribution is -2.43. The van der Waals surface area contributed by atoms with Crippen molar-refractivity contribution in [1.82, 2.24) is 0 Å². The van der Waals surface area contributed by atoms with E-state index in [4.69, 9.17) is 13.2 Å². The fraction of sp³-hybridized carbons (Fsp3) is 0.760. The van der Waals surface area contributed by atoms with Crippen LogP contribution in [0.1, 0.15) is 84.6 Å². The van der Waals surface area contributed by atoms with E-state index in [1.807, 2.05) is 6.07 Å². The van der Waals surface area contributed by atoms with E-state index in [9.17, 15) is 8.42 Å². The SMILES string of the molecule is C[C@@H]1CC[C@@H]2C(=CCCC2(C)C)[C@]1(C)CC[C@H](CCCc1ccoc1)COS(=O)(=O)O. The van der Waals surface area contributed by atoms with Crippen LogP contribution in [0.3, 0.4) is 0 Å². The maximum atomic E-state index is 11.2. The van der Waals surface area contributed by atoms with Gasteiger partial charge in [0.15, 0.2) is 0 Å². The zero-order valence-corrected chi connectivity index (χ0v) is 20.4. The molecule has 31 heavy (non-hydrogen) atoms. The molecule has 1 aromatic heterocycles. The van der Waals surface area contributed by atoms with E-state index in [0.717, 1.165) is 44.1 Å². The highest BCUT2D eigenvalue weighted by atomic mass is 32.3. The van der Waals surface area contributed by atoms with Gasteiger partial charge < -0.3 is 4.42 Å². The number of aryl methyl sites for hydroxylation is 1. The summed E-state index contributed by atoms with van der Waals surface area (Å²) in [5.74, 6) is 1.35. The zero-order valence-electron chi connectivity index (χ0n) is 19.6. The number of allylic oxidation sites excluding steroid dienone is 2. The van der Waals surface area contributed by atoms with E-state index in [1.54, 1.807) is 18.1 Å². The molecule has 0 aliphatic heterocycles. The van der Waals surface area contributed by atoms with Crippen LogP contribution in [0.5, 0.6) is 0 Å². The third kappa shape index (κ3) is 6.23. The van der Waals surface area contributed by atoms with Crippen LogP contribution in [0.25, 0.3) is 0 Å². The highest BCUT2D eigenvalue weighted by Crippen LogP contribution is 2.58. The highest BCUT2D eigenvalue weighted by Gasteiger charge is 2.47. The third-order valence-corrected chi connectivity index (χ3v) is 8.72. The van der Waals surface area contributed by atoms with E-state index < -0.39 is 10.4 Å². The lowest BCUT2D eigenvalue weighted by molar-refractivity contribution is 0.0728. The Bertz CT molecular complexity index is 839. The summed E-state index contributed by atoms with van der Waals surface area (Å²) in [6.07, 6.45) is 15.5. The summed E-state index contributed by atoms with van der Waals surface area (Å²) in [4.78, 5) is 0. The molecule has 0 bridgehead atoms. The smallest absolute Gasteiger partial charge is 0.397 e. The fourth-order valence-corrected chi connectivity index (χ4v) is 6.32. The van der Waals surface area contributed by atoms with Gasteiger partial charge in [0.2, 0.25) is 0 Å². The molecule has 2 aliphatic rings. The first-order valence-electron chi connectivity index (χ1n) is 11.8. The number of hydrogen-bond acceptors (Lipinski definition) is 4. The first-order chi connectivity index (χ1) is 14.5. The van der Waals surface area contributed by atoms with Gasteiger partial charge in [-0.3, -0.25) is 4.55 Å². The van der Waals surface area contributed by atoms with Crippen LogP contribution < -0.4 is 0 Å². The fourth-order valence-electron chi connectivity index (χ4n) is 5.95. The molecule has 5 nitrogen and oxygen atoms in total. The van der Waals surface area contributed by atoms with Crippen LogP contribution in [-0.2, 0) is 21.0 Å². The van der Waals surface area contributed by atoms with E-state index in [0.29, 0.717) is 17.3 Å². The van der Waals surface area contributed by atoms with Gasteiger partial charge in [-0.1, -0.05) is 39.3 Å². The first-order valence-corrected chi connectivity index (χ1v) is 13.2. The van der Waals surface area contributed by atoms with Gasteiger partial charge in [-0.15, -0.1) is 0 Å². The van der Waals surface area contributed by atoms with Gasteiger partial charge in [0, 0.05) is 0 Å². The summed E-state index contributed by atoms with van der Waals surface area (Å²) in [5, 5.41) is 0. The Kier molecular flexibility index (Phi) is 7.75. The van der Waals surface area contributed by atoms with E-state index in [-0.39, 0.29) is 17.9 Å². The minimum absolute atomic E-state index is 0.0443. The van der Waals surface area contributed by atoms with Crippen molar-refractivity contribution in [2.45, 2.75) is 85.5 Å². The van der Waals surface area contributed by atoms with Crippen LogP contribution in [0.15, 0.2) is 34.7 Å². The summed E-state index contributed by atoms with van der Waals surface area (Å²) in [7, 11) is -4.42. The molecule has 1 heterocycles. The lowest BCUT2D eigenvalue weighted by atomic mass is 9.52. The molecule has 176 valence electrons. The molecule has 0 spiro atoms. The molecule has 1 fully saturated rings. The average Bonchev–Trinajstić information content (AvgIpc) is 3.19. The molecule has 4 atom stereocenters. The van der Waals surface area contributed by atoms with E-state index in [2.05, 4.69) is 33.8 Å². The molecule has 0 saturated heterocycles. The molecule has 6 heteroatoms. The number of rotatable bonds is 10. The Labute approximate surface area is 188 Å². The van der Waals surface area contributed by atoms with Gasteiger partial charge in [0.25, 0.3) is 0 Å². The van der Waals surface area contributed by atoms with Crippen molar-refractivity contribution in [3.63, 3.8) is 0 Å². The van der Waals surface area contributed by atoms with Crippen molar-refractivity contribution in [2.24, 2.45) is 28.6 Å². The second-order valence-electron chi connectivity index (χ2n) is 10.8. The summed E-state index contributed by atoms with van der Waals surface area (Å²) in [5.41, 5.74) is 3.28. The molecule has 1 saturated carbocycles. The Morgan fingerprint density at radius 1 is 1.26 bits per heavy atom. The largest absolute Gasteiger partial charge is 0.472 e. The van der Waals surface area contributed by atoms with Crippen molar-refractivity contribution in [1.29, 1.82) is 0 Å². The van der Waals surface area contributed by atoms with Crippen molar-refractivity contribution in [2.75, 3.05) is 6.61 Å². The van der Waals surface area contributed by atoms with Crippen LogP contribution in [0.4, 0.5) is 0 Å². The summed E-state index contributed by atoms with van der Waals surface area (Å²) < 4.78 is 41.4. The Balaban J connectivity index is 1.67. The van der Waals surface area contributed by atoms with Crippen LogP contribution in [0, 0.1) is 28.6 Å². The standard InChI is InChI=1S/C25H40O5S/c1-19-10-11-22-23(9-6-14-24(22,2)3)25(19,4)15-12-20(18-30-31(26,27)28)7-5-8-21-13-16-29-17-21/h9,13,16-17,19-20,22H,5-8,10-12,14-15,18H2,1-4H3,(H,26,27,28)/t19-,20+,22-,25-/m1/s1. The van der Waals surface area contributed by atoms with Gasteiger partial charge in [-0.2, -0.15) is 8.42 Å². The Hall–Kier alpha value is -1.11. The van der Waals surface area contributed by atoms with Gasteiger partial charge in [-0.05, 0) is 98.0 Å². The molecule has 0 aromatic carbocycles. The molecule has 1 N–H and O–H groups in total. The summed E-state index contributed by atoms with van der Waals surface area (Å²) in [6.45, 7) is 9.67. The topological polar surface area (TPSA) is 76.7 Å². The van der Waals surface area contributed by atoms with Crippen molar-refractivity contribution in [3.8, 4) is 0 Å². The molecule has 0 unspecified atom stereocenters. The second-order valence-corrected chi connectivity index (χ2v) is 11.9. The van der Waals surface area contributed by atoms with E-state index in [1.165, 1.54) is 19.3 Å². The van der Waals surface area contributed by atoms with Gasteiger partial charge in [-0.25, -0.2) is 4.18 Å². The van der Waals surface area contributed by atoms with Gasteiger partial charge in [0.05, 0.1) is 19.1 Å². The molecule has 1 aromatic rings. The maximum absolute atomic E-state index is 11.2. The number of fused-ring (bicyclic) bond motifs is 1. The molecular weight excluding hydrogens is 412 g/mol. The molecule has 2 aliphatic carbocycles. The molecular formula is C25H40O5S. The highest BCUT2D eigenvalue weighted by molar-refractivity contribution is 7.80. The second kappa shape index (κ2) is 9.80. The van der Waals surface area contributed by atoms with Crippen molar-refractivity contribution >= 4 is 10.4 Å².